The van der Waals surface area contributed by atoms with E-state index in [1.807, 2.05) is 63.5 Å². The molecule has 2 fully saturated rings. The number of carbonyl (C=O) groups is 2. The molecule has 2 saturated heterocycles. The fourth-order valence-corrected chi connectivity index (χ4v) is 7.54. The monoisotopic (exact) mass is 646 g/mol. The number of hydrogen-bond acceptors (Lipinski definition) is 7. The molecule has 3 aliphatic heterocycles. The summed E-state index contributed by atoms with van der Waals surface area (Å²) in [5.41, 5.74) is 6.23. The maximum absolute atomic E-state index is 13.7. The van der Waals surface area contributed by atoms with Crippen molar-refractivity contribution in [2.24, 2.45) is 0 Å². The zero-order valence-electron chi connectivity index (χ0n) is 26.2. The Morgan fingerprint density at radius 2 is 1.78 bits per heavy atom. The Labute approximate surface area is 271 Å². The zero-order chi connectivity index (χ0) is 32.1. The summed E-state index contributed by atoms with van der Waals surface area (Å²) in [7, 11) is 0. The summed E-state index contributed by atoms with van der Waals surface area (Å²) in [6.07, 6.45) is 2.04. The molecule has 1 amide bonds. The lowest BCUT2D eigenvalue weighted by Gasteiger charge is -2.33. The van der Waals surface area contributed by atoms with Crippen molar-refractivity contribution in [1.29, 1.82) is 0 Å². The quantitative estimate of drug-likeness (QED) is 0.305. The Morgan fingerprint density at radius 1 is 1.04 bits per heavy atom. The number of hydrogen-bond donors (Lipinski definition) is 1. The lowest BCUT2D eigenvalue weighted by molar-refractivity contribution is -0.140. The highest BCUT2D eigenvalue weighted by atomic mass is 35.5. The van der Waals surface area contributed by atoms with Crippen LogP contribution >= 0.6 is 11.6 Å². The van der Waals surface area contributed by atoms with Gasteiger partial charge in [-0.1, -0.05) is 29.8 Å². The molecule has 0 saturated carbocycles. The number of aryl methyl sites for hydroxylation is 1. The van der Waals surface area contributed by atoms with E-state index >= 15 is 0 Å². The lowest BCUT2D eigenvalue weighted by atomic mass is 9.99. The topological polar surface area (TPSA) is 115 Å². The molecular formula is C34H39ClN6O5. The normalized spacial score (nSPS) is 19.9. The van der Waals surface area contributed by atoms with Gasteiger partial charge in [0.15, 0.2) is 0 Å². The van der Waals surface area contributed by atoms with E-state index in [0.717, 1.165) is 65.0 Å². The molecule has 4 aromatic rings. The Kier molecular flexibility index (Phi) is 8.25. The van der Waals surface area contributed by atoms with Crippen molar-refractivity contribution < 1.29 is 19.4 Å². The van der Waals surface area contributed by atoms with Crippen molar-refractivity contribution >= 4 is 34.5 Å². The van der Waals surface area contributed by atoms with Crippen LogP contribution in [0.2, 0.25) is 5.02 Å². The number of halogens is 1. The van der Waals surface area contributed by atoms with Gasteiger partial charge in [0.1, 0.15) is 6.04 Å². The third-order valence-corrected chi connectivity index (χ3v) is 10.2. The predicted octanol–water partition coefficient (Wildman–Crippen LogP) is 3.72. The minimum atomic E-state index is -0.649. The number of fused-ring (bicyclic) bond motifs is 2. The number of cyclic esters (lactones) is 1. The van der Waals surface area contributed by atoms with Crippen LogP contribution < -0.4 is 5.69 Å². The van der Waals surface area contributed by atoms with Gasteiger partial charge >= 0.3 is 11.7 Å². The summed E-state index contributed by atoms with van der Waals surface area (Å²) in [6.45, 7) is 7.30. The van der Waals surface area contributed by atoms with E-state index in [4.69, 9.17) is 21.4 Å². The SMILES string of the molecule is CC(=O)N1CCc2c(c(-c3ccc(Cl)c(C)c3)nn2CC(O)CN2CCC(n3c(=O)n(C4CCOC4=O)c4ccccc43)CC2)C1. The van der Waals surface area contributed by atoms with Gasteiger partial charge in [-0.3, -0.25) is 18.6 Å². The van der Waals surface area contributed by atoms with Crippen LogP contribution in [0.1, 0.15) is 55.1 Å². The molecule has 12 heteroatoms. The highest BCUT2D eigenvalue weighted by molar-refractivity contribution is 6.31. The number of piperidine rings is 1. The lowest BCUT2D eigenvalue weighted by Crippen LogP contribution is -2.42. The number of imidazole rings is 1. The molecule has 11 nitrogen and oxygen atoms in total. The number of nitrogens with zero attached hydrogens (tertiary/aromatic N) is 6. The Balaban J connectivity index is 1.06. The van der Waals surface area contributed by atoms with Crippen LogP contribution in [0.5, 0.6) is 0 Å². The number of benzene rings is 2. The first-order valence-corrected chi connectivity index (χ1v) is 16.5. The van der Waals surface area contributed by atoms with Crippen LogP contribution in [0, 0.1) is 6.92 Å². The summed E-state index contributed by atoms with van der Waals surface area (Å²) < 4.78 is 10.6. The van der Waals surface area contributed by atoms with Gasteiger partial charge in [-0.25, -0.2) is 9.59 Å². The van der Waals surface area contributed by atoms with Gasteiger partial charge in [-0.15, -0.1) is 0 Å². The Hall–Kier alpha value is -3.93. The van der Waals surface area contributed by atoms with Gasteiger partial charge in [0.2, 0.25) is 5.91 Å². The molecule has 5 heterocycles. The fourth-order valence-electron chi connectivity index (χ4n) is 7.42. The maximum atomic E-state index is 13.7. The number of aliphatic hydroxyl groups is 1. The Morgan fingerprint density at radius 3 is 2.46 bits per heavy atom. The van der Waals surface area contributed by atoms with E-state index in [2.05, 4.69) is 4.90 Å². The van der Waals surface area contributed by atoms with E-state index in [-0.39, 0.29) is 23.6 Å². The molecule has 2 aromatic heterocycles. The number of rotatable bonds is 7. The van der Waals surface area contributed by atoms with Crippen LogP contribution in [0.4, 0.5) is 0 Å². The smallest absolute Gasteiger partial charge is 0.330 e. The van der Waals surface area contributed by atoms with Gasteiger partial charge in [-0.2, -0.15) is 5.10 Å². The number of esters is 1. The molecule has 46 heavy (non-hydrogen) atoms. The molecule has 0 spiro atoms. The largest absolute Gasteiger partial charge is 0.464 e. The summed E-state index contributed by atoms with van der Waals surface area (Å²) in [4.78, 5) is 42.4. The number of β-amino-alcohol motifs (C(OH)–C–C–N with tert-alkyl or cyclic N) is 1. The molecule has 0 radical (unpaired) electrons. The van der Waals surface area contributed by atoms with E-state index in [1.54, 1.807) is 11.5 Å². The molecule has 2 atom stereocenters. The number of carbonyl (C=O) groups excluding carboxylic acids is 2. The van der Waals surface area contributed by atoms with E-state index < -0.39 is 12.1 Å². The maximum Gasteiger partial charge on any atom is 0.330 e. The summed E-state index contributed by atoms with van der Waals surface area (Å²) >= 11 is 6.30. The molecule has 1 N–H and O–H groups in total. The van der Waals surface area contributed by atoms with Gasteiger partial charge < -0.3 is 19.6 Å². The highest BCUT2D eigenvalue weighted by Crippen LogP contribution is 2.33. The van der Waals surface area contributed by atoms with Crippen LogP contribution in [0.3, 0.4) is 0 Å². The number of aliphatic hydroxyl groups excluding tert-OH is 1. The van der Waals surface area contributed by atoms with Crippen molar-refractivity contribution in [3.8, 4) is 11.3 Å². The second-order valence-corrected chi connectivity index (χ2v) is 13.2. The second kappa shape index (κ2) is 12.4. The first-order chi connectivity index (χ1) is 22.2. The number of ether oxygens (including phenoxy) is 1. The van der Waals surface area contributed by atoms with E-state index in [9.17, 15) is 19.5 Å². The first kappa shape index (κ1) is 30.7. The third kappa shape index (κ3) is 5.54. The van der Waals surface area contributed by atoms with Crippen molar-refractivity contribution in [2.45, 2.75) is 70.8 Å². The van der Waals surface area contributed by atoms with Gasteiger partial charge in [0, 0.05) is 80.4 Å². The standard InChI is InChI=1S/C34H39ClN6O5/c1-21-17-23(7-8-27(21)35)32-26-20-38(22(2)42)15-11-28(26)39(36-32)19-25(43)18-37-13-9-24(10-14-37)40-29-5-3-4-6-30(29)41(34(40)45)31-12-16-46-33(31)44/h3-8,17,24-25,31,43H,9-16,18-20H2,1-2H3. The molecule has 3 aliphatic rings. The van der Waals surface area contributed by atoms with Crippen molar-refractivity contribution in [3.63, 3.8) is 0 Å². The molecular weight excluding hydrogens is 608 g/mol. The van der Waals surface area contributed by atoms with E-state index in [0.29, 0.717) is 50.7 Å². The summed E-state index contributed by atoms with van der Waals surface area (Å²) in [5.74, 6) is -0.313. The summed E-state index contributed by atoms with van der Waals surface area (Å²) in [6, 6.07) is 12.9. The second-order valence-electron chi connectivity index (χ2n) is 12.8. The minimum absolute atomic E-state index is 0.00258. The third-order valence-electron chi connectivity index (χ3n) is 9.82. The number of likely N-dealkylation sites (tertiary alicyclic amines) is 1. The first-order valence-electron chi connectivity index (χ1n) is 16.1. The van der Waals surface area contributed by atoms with Crippen LogP contribution in [-0.4, -0.2) is 84.6 Å². The molecule has 2 unspecified atom stereocenters. The summed E-state index contributed by atoms with van der Waals surface area (Å²) in [5, 5.41) is 17.0. The van der Waals surface area contributed by atoms with Gasteiger partial charge in [0.25, 0.3) is 0 Å². The van der Waals surface area contributed by atoms with Crippen molar-refractivity contribution in [3.05, 3.63) is 74.8 Å². The number of para-hydroxylation sites is 2. The van der Waals surface area contributed by atoms with Crippen molar-refractivity contribution in [1.82, 2.24) is 28.7 Å². The molecule has 2 aromatic carbocycles. The molecule has 7 rings (SSSR count). The number of aromatic nitrogens is 4. The Bertz CT molecular complexity index is 1870. The molecule has 0 aliphatic carbocycles. The van der Waals surface area contributed by atoms with E-state index in [1.165, 1.54) is 0 Å². The predicted molar refractivity (Wildman–Crippen MR) is 174 cm³/mol. The van der Waals surface area contributed by atoms with Gasteiger partial charge in [0.05, 0.1) is 36.0 Å². The van der Waals surface area contributed by atoms with Crippen LogP contribution in [0.25, 0.3) is 22.3 Å². The van der Waals surface area contributed by atoms with Crippen LogP contribution in [0.15, 0.2) is 47.3 Å². The average molecular weight is 647 g/mol. The molecule has 0 bridgehead atoms. The van der Waals surface area contributed by atoms with Crippen molar-refractivity contribution in [2.75, 3.05) is 32.8 Å². The van der Waals surface area contributed by atoms with Crippen LogP contribution in [-0.2, 0) is 33.8 Å². The number of amides is 1. The average Bonchev–Trinajstić information content (AvgIpc) is 3.71. The fraction of sp³-hybridized carbons (Fsp3) is 0.471. The highest BCUT2D eigenvalue weighted by Gasteiger charge is 2.34. The molecule has 242 valence electrons. The van der Waals surface area contributed by atoms with Gasteiger partial charge in [-0.05, 0) is 49.6 Å². The zero-order valence-corrected chi connectivity index (χ0v) is 26.9. The minimum Gasteiger partial charge on any atom is -0.464 e.